The van der Waals surface area contributed by atoms with Crippen molar-refractivity contribution in [3.05, 3.63) is 60.7 Å². The molecule has 4 amide bonds. The number of hydrogen-bond acceptors (Lipinski definition) is 6. The second kappa shape index (κ2) is 13.0. The first-order valence-corrected chi connectivity index (χ1v) is 15.4. The van der Waals surface area contributed by atoms with Crippen molar-refractivity contribution in [3.8, 4) is 0 Å². The number of carbonyl (C=O) groups excluding carboxylic acids is 5. The third-order valence-corrected chi connectivity index (χ3v) is 9.18. The zero-order valence-corrected chi connectivity index (χ0v) is 26.5. The van der Waals surface area contributed by atoms with Crippen LogP contribution in [0.3, 0.4) is 0 Å². The highest BCUT2D eigenvalue weighted by molar-refractivity contribution is 6.38. The van der Waals surface area contributed by atoms with Gasteiger partial charge in [0.15, 0.2) is 0 Å². The molecule has 5 atom stereocenters. The highest BCUT2D eigenvalue weighted by Gasteiger charge is 2.69. The van der Waals surface area contributed by atoms with Crippen LogP contribution in [0.1, 0.15) is 58.6 Å². The summed E-state index contributed by atoms with van der Waals surface area (Å²) >= 11 is 0. The third-order valence-electron chi connectivity index (χ3n) is 9.18. The molecule has 2 fully saturated rings. The van der Waals surface area contributed by atoms with E-state index in [9.17, 15) is 24.0 Å². The van der Waals surface area contributed by atoms with Gasteiger partial charge >= 0.3 is 6.09 Å². The van der Waals surface area contributed by atoms with Crippen LogP contribution in [-0.2, 0) is 36.8 Å². The molecule has 238 valence electrons. The number of Topliss-reactive ketones (excluding diaryl/α,β-unsaturated/α-hetero) is 1. The van der Waals surface area contributed by atoms with Crippen molar-refractivity contribution in [2.75, 3.05) is 13.1 Å². The summed E-state index contributed by atoms with van der Waals surface area (Å²) in [5.74, 6) is -2.68. The average Bonchev–Trinajstić information content (AvgIpc) is 3.33. The molecule has 2 aliphatic carbocycles. The Morgan fingerprint density at radius 3 is 2.25 bits per heavy atom. The van der Waals surface area contributed by atoms with Crippen molar-refractivity contribution < 1.29 is 28.7 Å². The van der Waals surface area contributed by atoms with Crippen molar-refractivity contribution in [2.45, 2.75) is 84.0 Å². The molecule has 0 bridgehead atoms. The lowest BCUT2D eigenvalue weighted by atomic mass is 9.93. The molecule has 10 nitrogen and oxygen atoms in total. The molecule has 1 heterocycles. The molecule has 1 aliphatic heterocycles. The molecule has 10 heteroatoms. The number of nitrogens with one attached hydrogen (secondary N) is 3. The molecule has 0 aromatic heterocycles. The largest absolute Gasteiger partial charge is 0.444 e. The van der Waals surface area contributed by atoms with Gasteiger partial charge in [0.05, 0.1) is 6.04 Å². The molecule has 3 aliphatic rings. The van der Waals surface area contributed by atoms with Gasteiger partial charge in [0, 0.05) is 13.1 Å². The average molecular weight is 607 g/mol. The number of hydrogen-bond donors (Lipinski definition) is 3. The molecular weight excluding hydrogens is 560 g/mol. The van der Waals surface area contributed by atoms with E-state index in [1.165, 1.54) is 6.08 Å². The molecule has 0 radical (unpaired) electrons. The zero-order valence-electron chi connectivity index (χ0n) is 26.5. The predicted octanol–water partition coefficient (Wildman–Crippen LogP) is 3.10. The van der Waals surface area contributed by atoms with Gasteiger partial charge in [0.1, 0.15) is 17.7 Å². The molecule has 1 saturated heterocycles. The van der Waals surface area contributed by atoms with Gasteiger partial charge in [-0.3, -0.25) is 19.2 Å². The Morgan fingerprint density at radius 1 is 1.05 bits per heavy atom. The maximum atomic E-state index is 14.4. The van der Waals surface area contributed by atoms with Gasteiger partial charge in [-0.05, 0) is 80.8 Å². The van der Waals surface area contributed by atoms with E-state index in [2.05, 4.69) is 43.0 Å². The third kappa shape index (κ3) is 7.05. The number of amides is 4. The Kier molecular flexibility index (Phi) is 9.71. The maximum absolute atomic E-state index is 14.4. The van der Waals surface area contributed by atoms with Gasteiger partial charge in [-0.25, -0.2) is 4.79 Å². The first kappa shape index (κ1) is 33.0. The van der Waals surface area contributed by atoms with Crippen LogP contribution in [0.25, 0.3) is 0 Å². The highest BCUT2D eigenvalue weighted by Crippen LogP contribution is 2.65. The lowest BCUT2D eigenvalue weighted by molar-refractivity contribution is -0.144. The summed E-state index contributed by atoms with van der Waals surface area (Å²) in [6.07, 6.45) is 4.18. The van der Waals surface area contributed by atoms with Crippen molar-refractivity contribution in [3.63, 3.8) is 0 Å². The minimum atomic E-state index is -1.08. The summed E-state index contributed by atoms with van der Waals surface area (Å²) in [5.41, 5.74) is 1.31. The van der Waals surface area contributed by atoms with Crippen LogP contribution < -0.4 is 16.0 Å². The summed E-state index contributed by atoms with van der Waals surface area (Å²) in [5, 5.41) is 8.12. The highest BCUT2D eigenvalue weighted by atomic mass is 16.6. The van der Waals surface area contributed by atoms with Crippen LogP contribution >= 0.6 is 0 Å². The van der Waals surface area contributed by atoms with E-state index in [-0.39, 0.29) is 42.0 Å². The van der Waals surface area contributed by atoms with E-state index in [0.29, 0.717) is 25.8 Å². The van der Waals surface area contributed by atoms with Gasteiger partial charge in [0.2, 0.25) is 17.6 Å². The lowest BCUT2D eigenvalue weighted by Gasteiger charge is -2.35. The Morgan fingerprint density at radius 2 is 1.68 bits per heavy atom. The molecule has 4 rings (SSSR count). The predicted molar refractivity (Wildman–Crippen MR) is 166 cm³/mol. The lowest BCUT2D eigenvalue weighted by Crippen LogP contribution is -2.59. The van der Waals surface area contributed by atoms with Crippen molar-refractivity contribution in [2.24, 2.45) is 23.2 Å². The standard InChI is InChI=1S/C34H46N4O6/c1-8-10-15-24(28(39)30(41)35-16-9-2)36-29(40)27-25-23(34(25,6)7)19-38(27)31(42)26(37-32(43)44-33(3,4)5)22-17-20-13-11-12-14-21(20)18-22/h8-9,11-14,22-27H,1-2,10,15-19H2,3-7H3,(H,35,41)(H,36,40)(H,37,43)/t23-,24?,25-,26-,27-/m0/s1. The Bertz CT molecular complexity index is 1310. The van der Waals surface area contributed by atoms with Gasteiger partial charge in [0.25, 0.3) is 5.91 Å². The first-order valence-electron chi connectivity index (χ1n) is 15.4. The molecular formula is C34H46N4O6. The Labute approximate surface area is 260 Å². The quantitative estimate of drug-likeness (QED) is 0.247. The molecule has 44 heavy (non-hydrogen) atoms. The van der Waals surface area contributed by atoms with Crippen LogP contribution in [0.5, 0.6) is 0 Å². The second-order valence-electron chi connectivity index (χ2n) is 13.7. The number of carbonyl (C=O) groups is 5. The normalized spacial score (nSPS) is 22.9. The summed E-state index contributed by atoms with van der Waals surface area (Å²) in [7, 11) is 0. The molecule has 3 N–H and O–H groups in total. The number of likely N-dealkylation sites (tertiary alicyclic amines) is 1. The van der Waals surface area contributed by atoms with Crippen molar-refractivity contribution in [1.29, 1.82) is 0 Å². The summed E-state index contributed by atoms with van der Waals surface area (Å²) in [6.45, 7) is 17.1. The van der Waals surface area contributed by atoms with Gasteiger partial charge < -0.3 is 25.6 Å². The summed E-state index contributed by atoms with van der Waals surface area (Å²) < 4.78 is 5.53. The Hall–Kier alpha value is -3.95. The van der Waals surface area contributed by atoms with Crippen LogP contribution in [0.2, 0.25) is 0 Å². The van der Waals surface area contributed by atoms with Gasteiger partial charge in [-0.2, -0.15) is 0 Å². The second-order valence-corrected chi connectivity index (χ2v) is 13.7. The maximum Gasteiger partial charge on any atom is 0.408 e. The minimum absolute atomic E-state index is 0.0865. The summed E-state index contributed by atoms with van der Waals surface area (Å²) in [4.78, 5) is 68.5. The number of fused-ring (bicyclic) bond motifs is 2. The SMILES string of the molecule is C=CCCC(NC(=O)[C@@H]1[C@@H]2[C@H](CN1C(=O)[C@@H](NC(=O)OC(C)(C)C)C1Cc3ccccc3C1)C2(C)C)C(=O)C(=O)NCC=C. The van der Waals surface area contributed by atoms with E-state index in [0.717, 1.165) is 11.1 Å². The molecule has 1 aromatic rings. The monoisotopic (exact) mass is 606 g/mol. The number of piperidine rings is 1. The zero-order chi connectivity index (χ0) is 32.4. The van der Waals surface area contributed by atoms with E-state index in [4.69, 9.17) is 4.74 Å². The van der Waals surface area contributed by atoms with E-state index >= 15 is 0 Å². The fraction of sp³-hybridized carbons (Fsp3) is 0.559. The van der Waals surface area contributed by atoms with Crippen molar-refractivity contribution in [1.82, 2.24) is 20.9 Å². The number of alkyl carbamates (subject to hydrolysis) is 1. The molecule has 0 spiro atoms. The number of benzene rings is 1. The van der Waals surface area contributed by atoms with Crippen LogP contribution in [0, 0.1) is 23.2 Å². The van der Waals surface area contributed by atoms with Crippen molar-refractivity contribution >= 4 is 29.6 Å². The molecule has 1 unspecified atom stereocenters. The Balaban J connectivity index is 1.59. The number of ketones is 1. The topological polar surface area (TPSA) is 134 Å². The fourth-order valence-corrected chi connectivity index (χ4v) is 6.86. The van der Waals surface area contributed by atoms with E-state index < -0.39 is 47.4 Å². The van der Waals surface area contributed by atoms with E-state index in [1.54, 1.807) is 31.7 Å². The first-order chi connectivity index (χ1) is 20.7. The molecule has 1 aromatic carbocycles. The number of nitrogens with zero attached hydrogens (tertiary/aromatic N) is 1. The van der Waals surface area contributed by atoms with Crippen LogP contribution in [-0.4, -0.2) is 71.3 Å². The number of ether oxygens (including phenoxy) is 1. The van der Waals surface area contributed by atoms with Crippen LogP contribution in [0.15, 0.2) is 49.6 Å². The van der Waals surface area contributed by atoms with E-state index in [1.807, 2.05) is 24.3 Å². The van der Waals surface area contributed by atoms with Crippen LogP contribution in [0.4, 0.5) is 4.79 Å². The fourth-order valence-electron chi connectivity index (χ4n) is 6.86. The van der Waals surface area contributed by atoms with Gasteiger partial charge in [-0.15, -0.1) is 13.2 Å². The number of allylic oxidation sites excluding steroid dienone is 1. The smallest absolute Gasteiger partial charge is 0.408 e. The number of rotatable bonds is 12. The minimum Gasteiger partial charge on any atom is -0.444 e. The molecule has 1 saturated carbocycles. The van der Waals surface area contributed by atoms with Gasteiger partial charge in [-0.1, -0.05) is 50.3 Å². The summed E-state index contributed by atoms with van der Waals surface area (Å²) in [6, 6.07) is 5.11.